The van der Waals surface area contributed by atoms with Crippen molar-refractivity contribution in [1.29, 1.82) is 0 Å². The second kappa shape index (κ2) is 8.12. The number of rotatable bonds is 5. The number of likely N-dealkylation sites (N-methyl/N-ethyl adjacent to an activating group) is 1. The number of amides is 1. The van der Waals surface area contributed by atoms with Gasteiger partial charge >= 0.3 is 6.18 Å². The maximum absolute atomic E-state index is 12.6. The lowest BCUT2D eigenvalue weighted by atomic mass is 10.1. The van der Waals surface area contributed by atoms with Gasteiger partial charge in [0.1, 0.15) is 0 Å². The van der Waals surface area contributed by atoms with Crippen LogP contribution in [-0.4, -0.2) is 27.6 Å². The molecule has 0 N–H and O–H groups in total. The molecule has 7 heteroatoms. The fourth-order valence-electron chi connectivity index (χ4n) is 2.59. The zero-order valence-electron chi connectivity index (χ0n) is 15.1. The minimum Gasteiger partial charge on any atom is -0.338 e. The molecule has 0 aliphatic rings. The Morgan fingerprint density at radius 1 is 1.11 bits per heavy atom. The van der Waals surface area contributed by atoms with Crippen molar-refractivity contribution in [3.8, 4) is 5.69 Å². The summed E-state index contributed by atoms with van der Waals surface area (Å²) in [6.45, 7) is 0.364. The maximum Gasteiger partial charge on any atom is 0.416 e. The van der Waals surface area contributed by atoms with E-state index in [1.54, 1.807) is 17.9 Å². The first kappa shape index (κ1) is 19.4. The maximum atomic E-state index is 12.6. The number of alkyl halides is 3. The summed E-state index contributed by atoms with van der Waals surface area (Å²) in [6, 6.07) is 14.3. The Morgan fingerprint density at radius 3 is 2.43 bits per heavy atom. The molecule has 0 saturated heterocycles. The highest BCUT2D eigenvalue weighted by molar-refractivity contribution is 5.91. The average molecular weight is 385 g/mol. The Balaban J connectivity index is 1.60. The summed E-state index contributed by atoms with van der Waals surface area (Å²) >= 11 is 0. The first-order chi connectivity index (χ1) is 13.3. The van der Waals surface area contributed by atoms with E-state index < -0.39 is 11.7 Å². The quantitative estimate of drug-likeness (QED) is 0.604. The van der Waals surface area contributed by atoms with Crippen molar-refractivity contribution in [2.24, 2.45) is 0 Å². The first-order valence-electron chi connectivity index (χ1n) is 8.52. The van der Waals surface area contributed by atoms with Gasteiger partial charge in [0.2, 0.25) is 5.91 Å². The minimum absolute atomic E-state index is 0.257. The van der Waals surface area contributed by atoms with Crippen molar-refractivity contribution >= 4 is 12.0 Å². The molecule has 28 heavy (non-hydrogen) atoms. The first-order valence-corrected chi connectivity index (χ1v) is 8.52. The average Bonchev–Trinajstić information content (AvgIpc) is 3.15. The molecule has 0 bridgehead atoms. The topological polar surface area (TPSA) is 38.1 Å². The van der Waals surface area contributed by atoms with E-state index in [2.05, 4.69) is 5.10 Å². The van der Waals surface area contributed by atoms with Crippen LogP contribution in [0.2, 0.25) is 0 Å². The zero-order valence-corrected chi connectivity index (χ0v) is 15.1. The molecule has 0 unspecified atom stereocenters. The SMILES string of the molecule is CN(Cc1cnn(-c2ccccc2)c1)C(=O)/C=C/c1ccc(C(F)(F)F)cc1. The molecule has 0 radical (unpaired) electrons. The van der Waals surface area contributed by atoms with Crippen LogP contribution in [0.4, 0.5) is 13.2 Å². The Kier molecular flexibility index (Phi) is 5.63. The third-order valence-corrected chi connectivity index (χ3v) is 4.11. The van der Waals surface area contributed by atoms with Gasteiger partial charge in [0, 0.05) is 31.4 Å². The number of hydrogen-bond acceptors (Lipinski definition) is 2. The van der Waals surface area contributed by atoms with Crippen LogP contribution < -0.4 is 0 Å². The number of carbonyl (C=O) groups is 1. The van der Waals surface area contributed by atoms with Gasteiger partial charge in [-0.1, -0.05) is 30.3 Å². The Bertz CT molecular complexity index is 961. The monoisotopic (exact) mass is 385 g/mol. The van der Waals surface area contributed by atoms with E-state index in [1.807, 2.05) is 36.5 Å². The minimum atomic E-state index is -4.37. The molecule has 3 aromatic rings. The second-order valence-electron chi connectivity index (χ2n) is 6.28. The van der Waals surface area contributed by atoms with Crippen LogP contribution in [0.5, 0.6) is 0 Å². The van der Waals surface area contributed by atoms with Crippen molar-refractivity contribution in [2.45, 2.75) is 12.7 Å². The highest BCUT2D eigenvalue weighted by atomic mass is 19.4. The van der Waals surface area contributed by atoms with Crippen molar-refractivity contribution < 1.29 is 18.0 Å². The summed E-state index contributed by atoms with van der Waals surface area (Å²) < 4.78 is 39.4. The van der Waals surface area contributed by atoms with Crippen LogP contribution in [0.25, 0.3) is 11.8 Å². The van der Waals surface area contributed by atoms with Crippen LogP contribution >= 0.6 is 0 Å². The molecular formula is C21H18F3N3O. The molecule has 0 aliphatic carbocycles. The molecule has 2 aromatic carbocycles. The van der Waals surface area contributed by atoms with Gasteiger partial charge in [-0.2, -0.15) is 18.3 Å². The lowest BCUT2D eigenvalue weighted by molar-refractivity contribution is -0.137. The Morgan fingerprint density at radius 2 is 1.79 bits per heavy atom. The standard InChI is InChI=1S/C21H18F3N3O/c1-26(14-17-13-25-27(15-17)19-5-3-2-4-6-19)20(28)12-9-16-7-10-18(11-8-16)21(22,23)24/h2-13,15H,14H2,1H3/b12-9+. The lowest BCUT2D eigenvalue weighted by Crippen LogP contribution is -2.23. The molecular weight excluding hydrogens is 367 g/mol. The van der Waals surface area contributed by atoms with Crippen LogP contribution in [0.1, 0.15) is 16.7 Å². The van der Waals surface area contributed by atoms with Gasteiger partial charge in [0.15, 0.2) is 0 Å². The van der Waals surface area contributed by atoms with Crippen molar-refractivity contribution in [1.82, 2.24) is 14.7 Å². The predicted molar refractivity (Wildman–Crippen MR) is 101 cm³/mol. The summed E-state index contributed by atoms with van der Waals surface area (Å²) in [7, 11) is 1.65. The number of hydrogen-bond donors (Lipinski definition) is 0. The predicted octanol–water partition coefficient (Wildman–Crippen LogP) is 4.56. The van der Waals surface area contributed by atoms with Gasteiger partial charge in [-0.15, -0.1) is 0 Å². The zero-order chi connectivity index (χ0) is 20.1. The molecule has 0 spiro atoms. The lowest BCUT2D eigenvalue weighted by Gasteiger charge is -2.13. The number of carbonyl (C=O) groups excluding carboxylic acids is 1. The number of benzene rings is 2. The fourth-order valence-corrected chi connectivity index (χ4v) is 2.59. The number of para-hydroxylation sites is 1. The van der Waals surface area contributed by atoms with E-state index in [9.17, 15) is 18.0 Å². The summed E-state index contributed by atoms with van der Waals surface area (Å²) in [5.74, 6) is -0.257. The largest absolute Gasteiger partial charge is 0.416 e. The van der Waals surface area contributed by atoms with E-state index in [4.69, 9.17) is 0 Å². The van der Waals surface area contributed by atoms with Crippen molar-refractivity contribution in [3.05, 3.63) is 89.8 Å². The normalized spacial score (nSPS) is 11.7. The van der Waals surface area contributed by atoms with Gasteiger partial charge in [-0.05, 0) is 35.9 Å². The Hall–Kier alpha value is -3.35. The van der Waals surface area contributed by atoms with Crippen LogP contribution in [0, 0.1) is 0 Å². The van der Waals surface area contributed by atoms with Crippen LogP contribution in [-0.2, 0) is 17.5 Å². The number of aromatic nitrogens is 2. The highest BCUT2D eigenvalue weighted by Gasteiger charge is 2.29. The summed E-state index contributed by atoms with van der Waals surface area (Å²) in [5.41, 5.74) is 1.59. The molecule has 0 aliphatic heterocycles. The van der Waals surface area contributed by atoms with E-state index >= 15 is 0 Å². The summed E-state index contributed by atoms with van der Waals surface area (Å²) in [6.07, 6.45) is 1.99. The molecule has 4 nitrogen and oxygen atoms in total. The number of nitrogens with zero attached hydrogens (tertiary/aromatic N) is 3. The molecule has 0 atom stereocenters. The van der Waals surface area contributed by atoms with Gasteiger partial charge < -0.3 is 4.90 Å². The van der Waals surface area contributed by atoms with E-state index in [1.165, 1.54) is 29.2 Å². The van der Waals surface area contributed by atoms with Crippen molar-refractivity contribution in [2.75, 3.05) is 7.05 Å². The molecule has 1 aromatic heterocycles. The van der Waals surface area contributed by atoms with E-state index in [0.29, 0.717) is 12.1 Å². The van der Waals surface area contributed by atoms with Gasteiger partial charge in [0.05, 0.1) is 17.4 Å². The van der Waals surface area contributed by atoms with Crippen LogP contribution in [0.15, 0.2) is 73.1 Å². The van der Waals surface area contributed by atoms with Crippen LogP contribution in [0.3, 0.4) is 0 Å². The number of halogens is 3. The molecule has 1 amide bonds. The van der Waals surface area contributed by atoms with E-state index in [0.717, 1.165) is 23.4 Å². The second-order valence-corrected chi connectivity index (χ2v) is 6.28. The third-order valence-electron chi connectivity index (χ3n) is 4.11. The fraction of sp³-hybridized carbons (Fsp3) is 0.143. The van der Waals surface area contributed by atoms with Gasteiger partial charge in [0.25, 0.3) is 0 Å². The molecule has 0 saturated carbocycles. The Labute approximate surface area is 160 Å². The van der Waals surface area contributed by atoms with Gasteiger partial charge in [-0.25, -0.2) is 4.68 Å². The summed E-state index contributed by atoms with van der Waals surface area (Å²) in [4.78, 5) is 13.8. The molecule has 3 rings (SSSR count). The smallest absolute Gasteiger partial charge is 0.338 e. The molecule has 144 valence electrons. The van der Waals surface area contributed by atoms with Crippen molar-refractivity contribution in [3.63, 3.8) is 0 Å². The van der Waals surface area contributed by atoms with Gasteiger partial charge in [-0.3, -0.25) is 4.79 Å². The molecule has 0 fully saturated rings. The molecule has 1 heterocycles. The third kappa shape index (κ3) is 4.88. The van der Waals surface area contributed by atoms with E-state index in [-0.39, 0.29) is 5.91 Å². The summed E-state index contributed by atoms with van der Waals surface area (Å²) in [5, 5.41) is 4.29. The highest BCUT2D eigenvalue weighted by Crippen LogP contribution is 2.29.